The Labute approximate surface area is 82.7 Å². The van der Waals surface area contributed by atoms with Crippen LogP contribution in [0.4, 0.5) is 0 Å². The smallest absolute Gasteiger partial charge is 0.217 e. The molecule has 0 aliphatic carbocycles. The quantitative estimate of drug-likeness (QED) is 0.466. The van der Waals surface area contributed by atoms with Crippen molar-refractivity contribution < 1.29 is 4.79 Å². The van der Waals surface area contributed by atoms with Crippen LogP contribution < -0.4 is 4.72 Å². The van der Waals surface area contributed by atoms with Gasteiger partial charge in [-0.2, -0.15) is 0 Å². The zero-order valence-electron chi connectivity index (χ0n) is 4.48. The monoisotopic (exact) mass is 241 g/mol. The first-order chi connectivity index (χ1) is 4.50. The maximum absolute atomic E-state index is 9.74. The van der Waals surface area contributed by atoms with Crippen LogP contribution in [-0.4, -0.2) is 14.9 Å². The first kappa shape index (κ1) is 11.0. The van der Waals surface area contributed by atoms with Gasteiger partial charge < -0.3 is 4.72 Å². The van der Waals surface area contributed by atoms with Gasteiger partial charge >= 0.3 is 0 Å². The summed E-state index contributed by atoms with van der Waals surface area (Å²) in [4.78, 5) is 8.77. The SMILES string of the molecule is O=CNSC(Cl)(Cl)C(Cl)Cl. The van der Waals surface area contributed by atoms with Crippen molar-refractivity contribution in [1.82, 2.24) is 4.72 Å². The van der Waals surface area contributed by atoms with E-state index in [4.69, 9.17) is 46.4 Å². The second kappa shape index (κ2) is 4.78. The highest BCUT2D eigenvalue weighted by Crippen LogP contribution is 2.40. The molecule has 0 radical (unpaired) electrons. The molecule has 10 heavy (non-hydrogen) atoms. The van der Waals surface area contributed by atoms with E-state index in [0.29, 0.717) is 6.41 Å². The number of carbonyl (C=O) groups excluding carboxylic acids is 1. The molecule has 0 saturated heterocycles. The van der Waals surface area contributed by atoms with E-state index >= 15 is 0 Å². The minimum absolute atomic E-state index is 0.431. The third-order valence-corrected chi connectivity index (χ3v) is 3.48. The van der Waals surface area contributed by atoms with Crippen LogP contribution in [0.1, 0.15) is 0 Å². The molecule has 0 heterocycles. The molecule has 0 aliphatic rings. The maximum Gasteiger partial charge on any atom is 0.217 e. The number of nitrogens with one attached hydrogen (secondary N) is 1. The molecule has 0 aromatic carbocycles. The Morgan fingerprint density at radius 1 is 1.50 bits per heavy atom. The van der Waals surface area contributed by atoms with Gasteiger partial charge in [-0.05, 0) is 11.9 Å². The molecule has 0 bridgehead atoms. The fraction of sp³-hybridized carbons (Fsp3) is 0.667. The lowest BCUT2D eigenvalue weighted by Gasteiger charge is -2.17. The standard InChI is InChI=1S/C3H3Cl4NOS/c4-2(5)3(6,7)10-8-1-9/h1-2H,(H,8,9). The number of halogens is 4. The van der Waals surface area contributed by atoms with Crippen molar-refractivity contribution in [2.24, 2.45) is 0 Å². The third kappa shape index (κ3) is 3.98. The number of alkyl halides is 4. The summed E-state index contributed by atoms with van der Waals surface area (Å²) in [6, 6.07) is 0. The van der Waals surface area contributed by atoms with E-state index in [-0.39, 0.29) is 0 Å². The van der Waals surface area contributed by atoms with Gasteiger partial charge in [0.05, 0.1) is 0 Å². The lowest BCUT2D eigenvalue weighted by molar-refractivity contribution is -0.107. The van der Waals surface area contributed by atoms with Crippen LogP contribution in [0, 0.1) is 0 Å². The Morgan fingerprint density at radius 3 is 2.30 bits per heavy atom. The molecular formula is C3H3Cl4NOS. The van der Waals surface area contributed by atoms with Gasteiger partial charge in [0, 0.05) is 0 Å². The average molecular weight is 243 g/mol. The highest BCUT2D eigenvalue weighted by atomic mass is 35.5. The minimum atomic E-state index is -1.40. The topological polar surface area (TPSA) is 29.1 Å². The largest absolute Gasteiger partial charge is 0.300 e. The molecule has 0 unspecified atom stereocenters. The van der Waals surface area contributed by atoms with Crippen molar-refractivity contribution in [1.29, 1.82) is 0 Å². The minimum Gasteiger partial charge on any atom is -0.300 e. The summed E-state index contributed by atoms with van der Waals surface area (Å²) in [7, 11) is 0. The lowest BCUT2D eigenvalue weighted by atomic mass is 10.9. The first-order valence-corrected chi connectivity index (χ1v) is 4.48. The van der Waals surface area contributed by atoms with Gasteiger partial charge in [-0.15, -0.1) is 23.2 Å². The molecule has 0 spiro atoms. The fourth-order valence-electron chi connectivity index (χ4n) is 0.147. The summed E-state index contributed by atoms with van der Waals surface area (Å²) < 4.78 is 0.774. The number of hydrogen-bond acceptors (Lipinski definition) is 2. The van der Waals surface area contributed by atoms with Gasteiger partial charge in [0.15, 0.2) is 4.84 Å². The molecule has 60 valence electrons. The van der Waals surface area contributed by atoms with Crippen molar-refractivity contribution >= 4 is 64.8 Å². The maximum atomic E-state index is 9.74. The van der Waals surface area contributed by atoms with Crippen LogP contribution in [0.3, 0.4) is 0 Å². The molecule has 0 atom stereocenters. The summed E-state index contributed by atoms with van der Waals surface area (Å²) in [5.74, 6) is 0. The summed E-state index contributed by atoms with van der Waals surface area (Å²) in [5, 5.41) is 0. The van der Waals surface area contributed by atoms with Crippen LogP contribution in [0.15, 0.2) is 0 Å². The molecule has 0 aromatic rings. The zero-order valence-corrected chi connectivity index (χ0v) is 8.32. The molecule has 2 nitrogen and oxygen atoms in total. The third-order valence-electron chi connectivity index (χ3n) is 0.497. The average Bonchev–Trinajstić information content (AvgIpc) is 1.84. The van der Waals surface area contributed by atoms with Gasteiger partial charge in [0.25, 0.3) is 0 Å². The van der Waals surface area contributed by atoms with E-state index in [0.717, 1.165) is 11.9 Å². The van der Waals surface area contributed by atoms with Gasteiger partial charge in [-0.25, -0.2) is 0 Å². The van der Waals surface area contributed by atoms with Crippen molar-refractivity contribution in [2.75, 3.05) is 0 Å². The Hall–Kier alpha value is 0.980. The second-order valence-corrected chi connectivity index (χ2v) is 5.21. The highest BCUT2D eigenvalue weighted by Gasteiger charge is 2.33. The van der Waals surface area contributed by atoms with E-state index in [1.54, 1.807) is 0 Å². The van der Waals surface area contributed by atoms with Gasteiger partial charge in [-0.3, -0.25) is 4.79 Å². The number of carbonyl (C=O) groups is 1. The molecule has 0 aliphatic heterocycles. The molecular weight excluding hydrogens is 240 g/mol. The molecule has 0 saturated carbocycles. The first-order valence-electron chi connectivity index (χ1n) is 2.04. The fourth-order valence-corrected chi connectivity index (χ4v) is 0.976. The van der Waals surface area contributed by atoms with Crippen molar-refractivity contribution in [3.63, 3.8) is 0 Å². The highest BCUT2D eigenvalue weighted by molar-refractivity contribution is 8.02. The molecule has 7 heteroatoms. The summed E-state index contributed by atoms with van der Waals surface area (Å²) in [6.45, 7) is 0. The number of amides is 1. The summed E-state index contributed by atoms with van der Waals surface area (Å²) >= 11 is 22.4. The van der Waals surface area contributed by atoms with Crippen molar-refractivity contribution in [3.8, 4) is 0 Å². The van der Waals surface area contributed by atoms with E-state index < -0.39 is 8.50 Å². The Balaban J connectivity index is 3.74. The summed E-state index contributed by atoms with van der Waals surface area (Å²) in [6.07, 6.45) is 0.431. The van der Waals surface area contributed by atoms with Gasteiger partial charge in [0.2, 0.25) is 10.1 Å². The Morgan fingerprint density at radius 2 is 2.00 bits per heavy atom. The van der Waals surface area contributed by atoms with E-state index in [2.05, 4.69) is 4.72 Å². The van der Waals surface area contributed by atoms with Gasteiger partial charge in [-0.1, -0.05) is 23.2 Å². The van der Waals surface area contributed by atoms with Crippen LogP contribution in [0.5, 0.6) is 0 Å². The van der Waals surface area contributed by atoms with Crippen molar-refractivity contribution in [3.05, 3.63) is 0 Å². The van der Waals surface area contributed by atoms with E-state index in [9.17, 15) is 4.79 Å². The van der Waals surface area contributed by atoms with E-state index in [1.165, 1.54) is 0 Å². The van der Waals surface area contributed by atoms with Crippen molar-refractivity contribution in [2.45, 2.75) is 8.50 Å². The van der Waals surface area contributed by atoms with Crippen LogP contribution in [0.2, 0.25) is 0 Å². The zero-order chi connectivity index (χ0) is 8.20. The predicted molar refractivity (Wildman–Crippen MR) is 46.7 cm³/mol. The summed E-state index contributed by atoms with van der Waals surface area (Å²) in [5.41, 5.74) is 0. The molecule has 0 rings (SSSR count). The van der Waals surface area contributed by atoms with Gasteiger partial charge in [0.1, 0.15) is 0 Å². The normalized spacial score (nSPS) is 11.7. The Bertz CT molecular complexity index is 119. The lowest BCUT2D eigenvalue weighted by Crippen LogP contribution is -2.21. The number of rotatable bonds is 4. The Kier molecular flexibility index (Phi) is 5.24. The van der Waals surface area contributed by atoms with Crippen LogP contribution >= 0.6 is 58.4 Å². The molecule has 0 fully saturated rings. The van der Waals surface area contributed by atoms with Crippen LogP contribution in [0.25, 0.3) is 0 Å². The predicted octanol–water partition coefficient (Wildman–Crippen LogP) is 2.32. The van der Waals surface area contributed by atoms with Crippen LogP contribution in [-0.2, 0) is 4.79 Å². The van der Waals surface area contributed by atoms with E-state index in [1.807, 2.05) is 0 Å². The molecule has 0 aromatic heterocycles. The molecule has 1 N–H and O–H groups in total. The second-order valence-electron chi connectivity index (χ2n) is 1.20. The number of hydrogen-bond donors (Lipinski definition) is 1. The molecule has 1 amide bonds.